The number of H-pyrrole nitrogens is 1. The Hall–Kier alpha value is -5.93. The fourth-order valence-electron chi connectivity index (χ4n) is 8.40. The largest absolute Gasteiger partial charge is 0.756 e. The summed E-state index contributed by atoms with van der Waals surface area (Å²) in [4.78, 5) is 103. The predicted octanol–water partition coefficient (Wildman–Crippen LogP) is 5.92. The van der Waals surface area contributed by atoms with Crippen LogP contribution in [0.15, 0.2) is 79.6 Å². The van der Waals surface area contributed by atoms with Crippen LogP contribution >= 0.6 is 19.6 Å². The van der Waals surface area contributed by atoms with Gasteiger partial charge in [0.25, 0.3) is 13.4 Å². The van der Waals surface area contributed by atoms with E-state index in [0.717, 1.165) is 54.9 Å². The van der Waals surface area contributed by atoms with Gasteiger partial charge in [-0.05, 0) is 61.7 Å². The van der Waals surface area contributed by atoms with E-state index in [0.29, 0.717) is 40.6 Å². The number of phosphoric acid groups is 1. The number of thioether (sulfide) groups is 1. The number of imide groups is 1. The number of phosphoric ester groups is 1. The van der Waals surface area contributed by atoms with Gasteiger partial charge in [0.05, 0.1) is 30.1 Å². The zero-order valence-electron chi connectivity index (χ0n) is 37.6. The number of phenolic OH excluding ortho intramolecular Hbond substituents is 1. The number of carboxylic acid groups (broad SMARTS) is 1. The second-order valence-electron chi connectivity index (χ2n) is 16.9. The van der Waals surface area contributed by atoms with E-state index in [4.69, 9.17) is 18.2 Å². The number of aromatic nitrogens is 2. The van der Waals surface area contributed by atoms with Crippen molar-refractivity contribution in [2.75, 3.05) is 30.8 Å². The zero-order chi connectivity index (χ0) is 49.4. The molecule has 70 heavy (non-hydrogen) atoms. The maximum Gasteiger partial charge on any atom is 0.336 e. The van der Waals surface area contributed by atoms with E-state index >= 15 is 0 Å². The van der Waals surface area contributed by atoms with Crippen LogP contribution < -0.4 is 26.9 Å². The number of aromatic carboxylic acids is 1. The minimum absolute atomic E-state index is 0. The lowest BCUT2D eigenvalue weighted by molar-refractivity contribution is -0.228. The molecule has 5 atom stereocenters. The van der Waals surface area contributed by atoms with Gasteiger partial charge in [0.15, 0.2) is 5.43 Å². The lowest BCUT2D eigenvalue weighted by atomic mass is 9.90. The summed E-state index contributed by atoms with van der Waals surface area (Å²) >= 11 is 1.11. The molecule has 2 saturated heterocycles. The molecule has 376 valence electrons. The molecule has 4 heterocycles. The number of benzene rings is 3. The average molecular weight is 1010 g/mol. The third-order valence-electron chi connectivity index (χ3n) is 11.9. The summed E-state index contributed by atoms with van der Waals surface area (Å²) in [6, 6.07) is 13.3. The summed E-state index contributed by atoms with van der Waals surface area (Å²) in [5, 5.41) is 33.3. The Balaban J connectivity index is 0.00000804. The molecule has 22 heteroatoms. The number of phenols is 1. The van der Waals surface area contributed by atoms with Crippen molar-refractivity contribution >= 4 is 59.9 Å². The number of aromatic amines is 1. The standard InChI is InChI=1S/C47H53N4O16PS.CH4/c1-27-25-51(47(61)49-44(27)57)42-23-35(54)38(67-42)26-65-68(62,63)64-18-19-69-39-24-41(56)50(45(39)58)17-9-7-5-3-2-4-6-8-10-40(55)48-28-11-14-31(34(20-28)46(59)60)43-32-15-12-29(52)21-36(32)66-37-22-30(53)13-16-33(37)43;/h11-16,20-22,25,35,38-39,42,52,54H,2-10,17-19,23-24,26H2,1H3,(H,48,55)(H,59,60)(H,62,63)(H,49,57,61);1H4/p-1/t35-,38-,39?,42-;/m1./s1. The summed E-state index contributed by atoms with van der Waals surface area (Å²) in [7, 11) is -4.84. The Morgan fingerprint density at radius 3 is 2.40 bits per heavy atom. The molecule has 4 aliphatic rings. The predicted molar refractivity (Wildman–Crippen MR) is 258 cm³/mol. The lowest BCUT2D eigenvalue weighted by Crippen LogP contribution is -2.33. The number of amides is 3. The number of carboxylic acids is 1. The SMILES string of the molecule is C.Cc1cn([C@H]2C[C@@H](O)[C@@H](COP(=O)([O-])OCCSC3CC(=O)N(CCCCCCCCCCC(=O)Nc4ccc(-c5c6ccc(=O)cc-6oc6cc(O)ccc56)c(C(=O)O)c4)C3=O)O2)c(=O)[nH]c1=O. The highest BCUT2D eigenvalue weighted by Crippen LogP contribution is 2.43. The van der Waals surface area contributed by atoms with Crippen LogP contribution in [0.1, 0.15) is 100 Å². The van der Waals surface area contributed by atoms with Crippen molar-refractivity contribution in [3.63, 3.8) is 0 Å². The lowest BCUT2D eigenvalue weighted by Gasteiger charge is -2.25. The Bertz CT molecular complexity index is 2920. The van der Waals surface area contributed by atoms with Gasteiger partial charge in [0, 0.05) is 77.7 Å². The molecule has 0 bridgehead atoms. The first kappa shape index (κ1) is 53.4. The number of aromatic hydroxyl groups is 1. The van der Waals surface area contributed by atoms with Crippen LogP contribution in [0, 0.1) is 6.92 Å². The van der Waals surface area contributed by atoms with Crippen LogP contribution in [0.25, 0.3) is 33.4 Å². The molecule has 3 aromatic rings. The first-order valence-electron chi connectivity index (χ1n) is 22.6. The third kappa shape index (κ3) is 13.3. The third-order valence-corrected chi connectivity index (χ3v) is 14.1. The quantitative estimate of drug-likeness (QED) is 0.0219. The summed E-state index contributed by atoms with van der Waals surface area (Å²) in [6.45, 7) is 0.878. The van der Waals surface area contributed by atoms with Gasteiger partial charge >= 0.3 is 11.7 Å². The molecule has 3 aliphatic heterocycles. The first-order chi connectivity index (χ1) is 33.0. The van der Waals surface area contributed by atoms with Gasteiger partial charge in [0.2, 0.25) is 17.7 Å². The van der Waals surface area contributed by atoms with Gasteiger partial charge in [-0.25, -0.2) is 9.59 Å². The highest BCUT2D eigenvalue weighted by Gasteiger charge is 2.39. The molecule has 7 rings (SSSR count). The number of carbonyl (C=O) groups excluding carboxylic acids is 3. The van der Waals surface area contributed by atoms with Crippen molar-refractivity contribution in [1.29, 1.82) is 0 Å². The summed E-state index contributed by atoms with van der Waals surface area (Å²) in [5.41, 5.74) is 0.523. The Morgan fingerprint density at radius 1 is 0.943 bits per heavy atom. The fraction of sp³-hybridized carbons (Fsp3) is 0.438. The number of fused-ring (bicyclic) bond motifs is 2. The van der Waals surface area contributed by atoms with E-state index in [2.05, 4.69) is 10.3 Å². The van der Waals surface area contributed by atoms with Crippen LogP contribution in [-0.4, -0.2) is 96.4 Å². The van der Waals surface area contributed by atoms with Crippen LogP contribution in [-0.2, 0) is 32.7 Å². The highest BCUT2D eigenvalue weighted by atomic mass is 32.2. The summed E-state index contributed by atoms with van der Waals surface area (Å²) in [5.74, 6) is -1.84. The number of aryl methyl sites for hydroxylation is 1. The molecule has 0 radical (unpaired) electrons. The molecular weight excluding hydrogens is 952 g/mol. The van der Waals surface area contributed by atoms with Crippen molar-refractivity contribution in [1.82, 2.24) is 14.5 Å². The van der Waals surface area contributed by atoms with E-state index in [1.54, 1.807) is 24.3 Å². The van der Waals surface area contributed by atoms with Crippen molar-refractivity contribution < 1.29 is 62.2 Å². The molecule has 0 spiro atoms. The molecule has 5 N–H and O–H groups in total. The number of nitrogens with zero attached hydrogens (tertiary/aromatic N) is 2. The second kappa shape index (κ2) is 23.8. The van der Waals surface area contributed by atoms with Gasteiger partial charge in [0.1, 0.15) is 29.4 Å². The topological polar surface area (TPSA) is 297 Å². The monoisotopic (exact) mass is 1010 g/mol. The fourth-order valence-corrected chi connectivity index (χ4v) is 10.2. The van der Waals surface area contributed by atoms with Crippen LogP contribution in [0.3, 0.4) is 0 Å². The summed E-state index contributed by atoms with van der Waals surface area (Å²) in [6.07, 6.45) is 4.87. The zero-order valence-corrected chi connectivity index (χ0v) is 39.3. The number of likely N-dealkylation sites (tertiary alicyclic amines) is 1. The van der Waals surface area contributed by atoms with E-state index in [9.17, 15) is 58.3 Å². The van der Waals surface area contributed by atoms with Crippen LogP contribution in [0.2, 0.25) is 0 Å². The molecule has 20 nitrogen and oxygen atoms in total. The van der Waals surface area contributed by atoms with E-state index in [-0.39, 0.29) is 97.0 Å². The number of unbranched alkanes of at least 4 members (excludes halogenated alkanes) is 7. The normalized spacial score (nSPS) is 18.9. The van der Waals surface area contributed by atoms with Crippen molar-refractivity contribution in [2.24, 2.45) is 0 Å². The van der Waals surface area contributed by atoms with Gasteiger partial charge in [-0.2, -0.15) is 0 Å². The number of aliphatic hydroxyl groups is 1. The van der Waals surface area contributed by atoms with Gasteiger partial charge in [-0.3, -0.25) is 43.0 Å². The number of carbonyl (C=O) groups is 4. The summed E-state index contributed by atoms with van der Waals surface area (Å²) < 4.78 is 34.8. The average Bonchev–Trinajstić information content (AvgIpc) is 3.80. The molecule has 2 fully saturated rings. The first-order valence-corrected chi connectivity index (χ1v) is 25.1. The maximum absolute atomic E-state index is 13.0. The number of nitrogens with one attached hydrogen (secondary N) is 2. The van der Waals surface area contributed by atoms with Gasteiger partial charge in [-0.1, -0.05) is 52.0 Å². The molecule has 2 aromatic carbocycles. The molecule has 1 aromatic heterocycles. The van der Waals surface area contributed by atoms with E-state index < -0.39 is 55.3 Å². The number of ether oxygens (including phenoxy) is 1. The number of hydrogen-bond donors (Lipinski definition) is 5. The Kier molecular flexibility index (Phi) is 18.2. The number of anilines is 1. The van der Waals surface area contributed by atoms with Crippen molar-refractivity contribution in [2.45, 2.75) is 109 Å². The molecular formula is C48H56N4O16PS-. The minimum Gasteiger partial charge on any atom is -0.756 e. The van der Waals surface area contributed by atoms with Crippen molar-refractivity contribution in [3.05, 3.63) is 103 Å². The van der Waals surface area contributed by atoms with E-state index in [1.807, 2.05) is 0 Å². The molecule has 3 amide bonds. The number of rotatable bonds is 23. The van der Waals surface area contributed by atoms with E-state index in [1.165, 1.54) is 48.4 Å². The van der Waals surface area contributed by atoms with Crippen LogP contribution in [0.5, 0.6) is 5.75 Å². The minimum atomic E-state index is -4.84. The molecule has 0 saturated carbocycles. The smallest absolute Gasteiger partial charge is 0.336 e. The van der Waals surface area contributed by atoms with Crippen LogP contribution in [0.4, 0.5) is 5.69 Å². The number of aliphatic hydroxyl groups excluding tert-OH is 1. The molecule has 2 unspecified atom stereocenters. The number of hydrogen-bond acceptors (Lipinski definition) is 16. The Morgan fingerprint density at radius 2 is 1.66 bits per heavy atom. The van der Waals surface area contributed by atoms with Gasteiger partial charge in [-0.15, -0.1) is 11.8 Å². The highest BCUT2D eigenvalue weighted by molar-refractivity contribution is 8.00. The maximum atomic E-state index is 13.0. The van der Waals surface area contributed by atoms with Gasteiger partial charge < -0.3 is 43.7 Å². The van der Waals surface area contributed by atoms with Crippen molar-refractivity contribution in [3.8, 4) is 28.2 Å². The second-order valence-corrected chi connectivity index (χ2v) is 19.7. The molecule has 1 aliphatic carbocycles. The Labute approximate surface area is 405 Å².